The van der Waals surface area contributed by atoms with Gasteiger partial charge in [0.25, 0.3) is 11.5 Å². The highest BCUT2D eigenvalue weighted by Gasteiger charge is 2.38. The molecule has 0 atom stereocenters. The van der Waals surface area contributed by atoms with Gasteiger partial charge in [-0.15, -0.1) is 0 Å². The van der Waals surface area contributed by atoms with Crippen molar-refractivity contribution >= 4 is 46.2 Å². The molecule has 27 heavy (non-hydrogen) atoms. The number of carbonyl (C=O) groups excluding carboxylic acids is 2. The first-order chi connectivity index (χ1) is 13.1. The number of carbonyl (C=O) groups is 2. The van der Waals surface area contributed by atoms with Crippen LogP contribution in [-0.4, -0.2) is 11.6 Å². The standard InChI is InChI=1S/C21H12Cl2N2O2/c22-16-9-8-13(12-17(16)23)24-18-19(25-10-4-1-5-11-25)21(27)15-7-3-2-6-14(15)20(18)26/h1-12H/p+1. The Morgan fingerprint density at radius 2 is 1.41 bits per heavy atom. The van der Waals surface area contributed by atoms with Gasteiger partial charge in [-0.3, -0.25) is 9.59 Å². The number of ketones is 2. The van der Waals surface area contributed by atoms with E-state index >= 15 is 0 Å². The molecule has 1 aliphatic rings. The molecular weight excluding hydrogens is 383 g/mol. The number of anilines is 1. The zero-order valence-electron chi connectivity index (χ0n) is 13.9. The number of Topliss-reactive ketones (excluding diaryl/α,β-unsaturated/α-hetero) is 2. The molecule has 1 aromatic heterocycles. The van der Waals surface area contributed by atoms with E-state index in [2.05, 4.69) is 5.32 Å². The van der Waals surface area contributed by atoms with E-state index in [1.807, 2.05) is 6.07 Å². The number of halogens is 2. The normalized spacial score (nSPS) is 13.6. The first kappa shape index (κ1) is 17.5. The van der Waals surface area contributed by atoms with Crippen LogP contribution >= 0.6 is 23.2 Å². The average molecular weight is 396 g/mol. The van der Waals surface area contributed by atoms with Crippen LogP contribution in [0.3, 0.4) is 0 Å². The van der Waals surface area contributed by atoms with Crippen LogP contribution in [0.5, 0.6) is 0 Å². The van der Waals surface area contributed by atoms with Gasteiger partial charge in [-0.2, -0.15) is 4.57 Å². The molecule has 0 unspecified atom stereocenters. The fourth-order valence-corrected chi connectivity index (χ4v) is 3.29. The molecule has 0 aliphatic heterocycles. The predicted molar refractivity (Wildman–Crippen MR) is 105 cm³/mol. The Morgan fingerprint density at radius 3 is 2.07 bits per heavy atom. The highest BCUT2D eigenvalue weighted by molar-refractivity contribution is 6.42. The van der Waals surface area contributed by atoms with Crippen LogP contribution in [0, 0.1) is 0 Å². The predicted octanol–water partition coefficient (Wildman–Crippen LogP) is 4.64. The van der Waals surface area contributed by atoms with Crippen molar-refractivity contribution in [3.8, 4) is 0 Å². The van der Waals surface area contributed by atoms with E-state index in [0.717, 1.165) is 0 Å². The lowest BCUT2D eigenvalue weighted by atomic mass is 9.90. The Balaban J connectivity index is 1.90. The molecule has 4 nitrogen and oxygen atoms in total. The lowest BCUT2D eigenvalue weighted by Gasteiger charge is -2.18. The number of rotatable bonds is 3. The quantitative estimate of drug-likeness (QED) is 0.657. The van der Waals surface area contributed by atoms with Crippen molar-refractivity contribution in [3.63, 3.8) is 0 Å². The molecule has 1 N–H and O–H groups in total. The van der Waals surface area contributed by atoms with Crippen molar-refractivity contribution in [2.75, 3.05) is 5.32 Å². The maximum absolute atomic E-state index is 13.2. The van der Waals surface area contributed by atoms with Gasteiger partial charge in [-0.05, 0) is 18.2 Å². The molecule has 0 spiro atoms. The zero-order chi connectivity index (χ0) is 19.0. The SMILES string of the molecule is O=C1C(Nc2ccc(Cl)c(Cl)c2)=C([n+]2ccccc2)C(=O)c2ccccc21. The second kappa shape index (κ2) is 6.99. The van der Waals surface area contributed by atoms with Crippen molar-refractivity contribution in [3.05, 3.63) is 99.9 Å². The third-order valence-corrected chi connectivity index (χ3v) is 5.00. The Kier molecular flexibility index (Phi) is 4.52. The molecule has 0 saturated heterocycles. The van der Waals surface area contributed by atoms with Gasteiger partial charge in [0.1, 0.15) is 0 Å². The van der Waals surface area contributed by atoms with E-state index < -0.39 is 0 Å². The van der Waals surface area contributed by atoms with Crippen LogP contribution in [-0.2, 0) is 0 Å². The van der Waals surface area contributed by atoms with E-state index in [1.54, 1.807) is 71.6 Å². The summed E-state index contributed by atoms with van der Waals surface area (Å²) in [6.45, 7) is 0. The van der Waals surface area contributed by atoms with Crippen molar-refractivity contribution in [2.45, 2.75) is 0 Å². The van der Waals surface area contributed by atoms with E-state index in [-0.39, 0.29) is 23.0 Å². The van der Waals surface area contributed by atoms with E-state index in [0.29, 0.717) is 26.9 Å². The van der Waals surface area contributed by atoms with Crippen molar-refractivity contribution in [1.29, 1.82) is 0 Å². The van der Waals surface area contributed by atoms with E-state index in [9.17, 15) is 9.59 Å². The first-order valence-electron chi connectivity index (χ1n) is 8.17. The maximum Gasteiger partial charge on any atom is 0.286 e. The number of allylic oxidation sites excluding steroid dienone is 2. The number of benzene rings is 2. The van der Waals surface area contributed by atoms with Crippen molar-refractivity contribution < 1.29 is 14.2 Å². The van der Waals surface area contributed by atoms with Gasteiger partial charge in [0.2, 0.25) is 5.78 Å². The zero-order valence-corrected chi connectivity index (χ0v) is 15.5. The van der Waals surface area contributed by atoms with Gasteiger partial charge < -0.3 is 5.32 Å². The minimum atomic E-state index is -0.261. The minimum absolute atomic E-state index is 0.188. The van der Waals surface area contributed by atoms with Gasteiger partial charge in [-0.25, -0.2) is 0 Å². The second-order valence-electron chi connectivity index (χ2n) is 5.96. The molecule has 0 saturated carbocycles. The third kappa shape index (κ3) is 3.14. The molecule has 1 aliphatic carbocycles. The lowest BCUT2D eigenvalue weighted by Crippen LogP contribution is -2.41. The monoisotopic (exact) mass is 395 g/mol. The molecule has 132 valence electrons. The summed E-state index contributed by atoms with van der Waals surface area (Å²) in [5.41, 5.74) is 1.76. The molecule has 4 rings (SSSR count). The topological polar surface area (TPSA) is 50.1 Å². The van der Waals surface area contributed by atoms with Crippen LogP contribution in [0.1, 0.15) is 20.7 Å². The summed E-state index contributed by atoms with van der Waals surface area (Å²) in [5, 5.41) is 3.82. The molecule has 6 heteroatoms. The molecule has 1 heterocycles. The summed E-state index contributed by atoms with van der Waals surface area (Å²) in [7, 11) is 0. The number of fused-ring (bicyclic) bond motifs is 1. The highest BCUT2D eigenvalue weighted by atomic mass is 35.5. The summed E-state index contributed by atoms with van der Waals surface area (Å²) < 4.78 is 1.63. The van der Waals surface area contributed by atoms with Crippen LogP contribution in [0.25, 0.3) is 5.70 Å². The van der Waals surface area contributed by atoms with Gasteiger partial charge >= 0.3 is 0 Å². The van der Waals surface area contributed by atoms with Crippen molar-refractivity contribution in [2.24, 2.45) is 0 Å². The van der Waals surface area contributed by atoms with Gasteiger partial charge in [0.15, 0.2) is 18.1 Å². The van der Waals surface area contributed by atoms with Crippen LogP contribution in [0.4, 0.5) is 5.69 Å². The Bertz CT molecular complexity index is 1110. The minimum Gasteiger partial charge on any atom is -0.347 e. The number of pyridine rings is 1. The first-order valence-corrected chi connectivity index (χ1v) is 8.93. The lowest BCUT2D eigenvalue weighted by molar-refractivity contribution is -0.577. The van der Waals surface area contributed by atoms with Crippen molar-refractivity contribution in [1.82, 2.24) is 0 Å². The van der Waals surface area contributed by atoms with Crippen LogP contribution < -0.4 is 9.88 Å². The number of aromatic nitrogens is 1. The number of hydrogen-bond acceptors (Lipinski definition) is 3. The smallest absolute Gasteiger partial charge is 0.286 e. The van der Waals surface area contributed by atoms with Crippen LogP contribution in [0.15, 0.2) is 78.8 Å². The third-order valence-electron chi connectivity index (χ3n) is 4.26. The Hall–Kier alpha value is -2.95. The summed E-state index contributed by atoms with van der Waals surface area (Å²) in [5.74, 6) is -0.494. The van der Waals surface area contributed by atoms with Crippen LogP contribution in [0.2, 0.25) is 10.0 Å². The summed E-state index contributed by atoms with van der Waals surface area (Å²) in [4.78, 5) is 26.3. The number of nitrogens with one attached hydrogen (secondary N) is 1. The van der Waals surface area contributed by atoms with Gasteiger partial charge in [0, 0.05) is 28.9 Å². The molecule has 0 bridgehead atoms. The number of nitrogens with zero attached hydrogens (tertiary/aromatic N) is 1. The molecule has 2 aromatic carbocycles. The molecular formula is C21H13Cl2N2O2+. The van der Waals surface area contributed by atoms with Gasteiger partial charge in [0.05, 0.1) is 10.0 Å². The Labute approximate surface area is 165 Å². The fourth-order valence-electron chi connectivity index (χ4n) is 2.99. The summed E-state index contributed by atoms with van der Waals surface area (Å²) in [6, 6.07) is 17.2. The molecule has 0 amide bonds. The van der Waals surface area contributed by atoms with E-state index in [4.69, 9.17) is 23.2 Å². The highest BCUT2D eigenvalue weighted by Crippen LogP contribution is 2.30. The largest absolute Gasteiger partial charge is 0.347 e. The molecule has 0 fully saturated rings. The summed E-state index contributed by atoms with van der Waals surface area (Å²) >= 11 is 12.1. The fraction of sp³-hybridized carbons (Fsp3) is 0. The maximum atomic E-state index is 13.2. The van der Waals surface area contributed by atoms with E-state index in [1.165, 1.54) is 0 Å². The van der Waals surface area contributed by atoms with Gasteiger partial charge in [-0.1, -0.05) is 53.5 Å². The average Bonchev–Trinajstić information content (AvgIpc) is 2.69. The number of hydrogen-bond donors (Lipinski definition) is 1. The molecule has 3 aromatic rings. The molecule has 0 radical (unpaired) electrons. The Morgan fingerprint density at radius 1 is 0.741 bits per heavy atom. The second-order valence-corrected chi connectivity index (χ2v) is 6.78. The summed E-state index contributed by atoms with van der Waals surface area (Å²) in [6.07, 6.45) is 3.45.